The molecule has 2 aliphatic carbocycles. The molecule has 1 fully saturated rings. The van der Waals surface area contributed by atoms with Crippen molar-refractivity contribution in [3.63, 3.8) is 0 Å². The summed E-state index contributed by atoms with van der Waals surface area (Å²) in [6.45, 7) is 6.49. The van der Waals surface area contributed by atoms with E-state index in [-0.39, 0.29) is 0 Å². The van der Waals surface area contributed by atoms with Crippen LogP contribution in [-0.4, -0.2) is 0 Å². The molecule has 0 heteroatoms. The van der Waals surface area contributed by atoms with Crippen LogP contribution in [0, 0.1) is 30.6 Å². The maximum absolute atomic E-state index is 2.26. The number of hydrogen-bond donors (Lipinski definition) is 0. The fourth-order valence-corrected chi connectivity index (χ4v) is 1.73. The first-order valence-corrected chi connectivity index (χ1v) is 4.32. The summed E-state index contributed by atoms with van der Waals surface area (Å²) >= 11 is 0. The molecule has 0 N–H and O–H groups in total. The zero-order chi connectivity index (χ0) is 8.72. The van der Waals surface area contributed by atoms with Gasteiger partial charge in [-0.25, -0.2) is 0 Å². The second-order valence-electron chi connectivity index (χ2n) is 3.56. The van der Waals surface area contributed by atoms with Gasteiger partial charge >= 0.3 is 0 Å². The van der Waals surface area contributed by atoms with Crippen molar-refractivity contribution in [2.45, 2.75) is 20.8 Å². The van der Waals surface area contributed by atoms with Gasteiger partial charge in [0.15, 0.2) is 0 Å². The van der Waals surface area contributed by atoms with Gasteiger partial charge in [0.05, 0.1) is 0 Å². The van der Waals surface area contributed by atoms with Crippen molar-refractivity contribution in [3.8, 4) is 0 Å². The third kappa shape index (κ3) is 1.14. The molecule has 1 saturated carbocycles. The molecule has 0 saturated heterocycles. The zero-order valence-electron chi connectivity index (χ0n) is 7.81. The van der Waals surface area contributed by atoms with E-state index in [0.717, 1.165) is 0 Å². The molecule has 0 nitrogen and oxygen atoms in total. The van der Waals surface area contributed by atoms with E-state index in [1.165, 1.54) is 28.9 Å². The lowest BCUT2D eigenvalue weighted by atomic mass is 9.81. The Hall–Kier alpha value is -0.520. The average molecular weight is 157 g/mol. The van der Waals surface area contributed by atoms with Crippen LogP contribution in [0.25, 0.3) is 0 Å². The summed E-state index contributed by atoms with van der Waals surface area (Å²) in [5, 5.41) is 0. The van der Waals surface area contributed by atoms with Gasteiger partial charge in [-0.2, -0.15) is 0 Å². The number of rotatable bonds is 0. The van der Waals surface area contributed by atoms with Crippen LogP contribution < -0.4 is 0 Å². The van der Waals surface area contributed by atoms with Crippen LogP contribution in [0.3, 0.4) is 0 Å². The summed E-state index contributed by atoms with van der Waals surface area (Å²) in [7, 11) is 0. The van der Waals surface area contributed by atoms with Crippen molar-refractivity contribution in [1.29, 1.82) is 0 Å². The Morgan fingerprint density at radius 2 is 1.17 bits per heavy atom. The largest absolute Gasteiger partial charge is 0.0650 e. The van der Waals surface area contributed by atoms with E-state index >= 15 is 0 Å². The molecule has 5 radical (unpaired) electrons. The maximum atomic E-state index is 2.26. The Morgan fingerprint density at radius 3 is 1.58 bits per heavy atom. The van der Waals surface area contributed by atoms with E-state index < -0.39 is 0 Å². The fourth-order valence-electron chi connectivity index (χ4n) is 1.73. The van der Waals surface area contributed by atoms with Crippen molar-refractivity contribution >= 4 is 0 Å². The minimum Gasteiger partial charge on any atom is -0.0650 e. The van der Waals surface area contributed by atoms with Gasteiger partial charge in [0.2, 0.25) is 0 Å². The summed E-state index contributed by atoms with van der Waals surface area (Å²) in [5.41, 5.74) is 2.76. The van der Waals surface area contributed by atoms with Crippen molar-refractivity contribution in [2.75, 3.05) is 0 Å². The zero-order valence-corrected chi connectivity index (χ0v) is 7.81. The van der Waals surface area contributed by atoms with Gasteiger partial charge in [0.25, 0.3) is 0 Å². The molecule has 0 aromatic carbocycles. The smallest absolute Gasteiger partial charge is 0.0160 e. The van der Waals surface area contributed by atoms with Gasteiger partial charge in [-0.05, 0) is 32.6 Å². The van der Waals surface area contributed by atoms with E-state index in [1.807, 2.05) is 0 Å². The van der Waals surface area contributed by atoms with Crippen LogP contribution in [0.4, 0.5) is 0 Å². The fraction of sp³-hybridized carbons (Fsp3) is 0.250. The predicted octanol–water partition coefficient (Wildman–Crippen LogP) is 3.06. The van der Waals surface area contributed by atoms with E-state index in [2.05, 4.69) is 45.8 Å². The van der Waals surface area contributed by atoms with E-state index in [9.17, 15) is 0 Å². The first-order chi connectivity index (χ1) is 5.68. The van der Waals surface area contributed by atoms with Crippen LogP contribution in [0.5, 0.6) is 0 Å². The van der Waals surface area contributed by atoms with Crippen LogP contribution >= 0.6 is 0 Å². The van der Waals surface area contributed by atoms with Gasteiger partial charge in [0.1, 0.15) is 0 Å². The highest BCUT2D eigenvalue weighted by Gasteiger charge is 2.36. The molecule has 0 amide bonds. The van der Waals surface area contributed by atoms with E-state index in [0.29, 0.717) is 0 Å². The summed E-state index contributed by atoms with van der Waals surface area (Å²) in [6, 6.07) is 0. The second-order valence-corrected chi connectivity index (χ2v) is 3.56. The first kappa shape index (κ1) is 8.10. The minimum atomic E-state index is 1.36. The van der Waals surface area contributed by atoms with Gasteiger partial charge in [-0.1, -0.05) is 30.2 Å². The monoisotopic (exact) mass is 157 g/mol. The third-order valence-corrected chi connectivity index (χ3v) is 2.47. The average Bonchev–Trinajstić information content (AvgIpc) is 2.41. The van der Waals surface area contributed by atoms with Crippen LogP contribution in [0.1, 0.15) is 20.8 Å². The van der Waals surface area contributed by atoms with Crippen LogP contribution in [0.2, 0.25) is 0 Å². The molecule has 0 bridgehead atoms. The topological polar surface area (TPSA) is 0 Å². The Morgan fingerprint density at radius 1 is 0.750 bits per heavy atom. The lowest BCUT2D eigenvalue weighted by molar-refractivity contribution is 1.07. The molecule has 0 spiro atoms. The maximum Gasteiger partial charge on any atom is 0.0160 e. The summed E-state index contributed by atoms with van der Waals surface area (Å²) < 4.78 is 0. The molecule has 2 aliphatic rings. The first-order valence-electron chi connectivity index (χ1n) is 4.32. The van der Waals surface area contributed by atoms with E-state index in [4.69, 9.17) is 0 Å². The van der Waals surface area contributed by atoms with E-state index in [1.54, 1.807) is 0 Å². The molecular formula is C12H13. The highest BCUT2D eigenvalue weighted by molar-refractivity contribution is 5.66. The van der Waals surface area contributed by atoms with Crippen molar-refractivity contribution < 1.29 is 0 Å². The van der Waals surface area contributed by atoms with Gasteiger partial charge < -0.3 is 0 Å². The lowest BCUT2D eigenvalue weighted by Gasteiger charge is -2.22. The van der Waals surface area contributed by atoms with Gasteiger partial charge in [-0.3, -0.25) is 0 Å². The van der Waals surface area contributed by atoms with Gasteiger partial charge in [0, 0.05) is 11.8 Å². The minimum absolute atomic E-state index is 1.36. The standard InChI is InChI=1S/C12H13/c1-8-6-11-9(2)4-5-10(3)12(11)7-8/h4-7H,1-3H3. The Bertz CT molecular complexity index is 219. The van der Waals surface area contributed by atoms with Crippen molar-refractivity contribution in [2.24, 2.45) is 0 Å². The van der Waals surface area contributed by atoms with Crippen molar-refractivity contribution in [1.82, 2.24) is 0 Å². The molecule has 0 aromatic rings. The molecule has 12 heavy (non-hydrogen) atoms. The molecule has 0 aromatic heterocycles. The third-order valence-electron chi connectivity index (χ3n) is 2.47. The molecule has 0 heterocycles. The summed E-state index contributed by atoms with van der Waals surface area (Å²) in [4.78, 5) is 0. The highest BCUT2D eigenvalue weighted by Crippen LogP contribution is 2.48. The SMILES string of the molecule is C[C]1[CH][C]2[C]([CH]1)C(C)=CC=C2C. The lowest BCUT2D eigenvalue weighted by Crippen LogP contribution is -2.09. The summed E-state index contributed by atoms with van der Waals surface area (Å²) in [6.07, 6.45) is 8.91. The van der Waals surface area contributed by atoms with Crippen molar-refractivity contribution in [3.05, 3.63) is 53.9 Å². The Balaban J connectivity index is 2.27. The molecule has 0 atom stereocenters. The molecule has 61 valence electrons. The van der Waals surface area contributed by atoms with Crippen LogP contribution in [-0.2, 0) is 0 Å². The number of allylic oxidation sites excluding steroid dienone is 4. The predicted molar refractivity (Wildman–Crippen MR) is 51.5 cm³/mol. The Kier molecular flexibility index (Phi) is 1.86. The Labute approximate surface area is 75.4 Å². The normalized spacial score (nSPS) is 26.9. The molecule has 0 unspecified atom stereocenters. The second kappa shape index (κ2) is 2.76. The number of fused-ring (bicyclic) bond motifs is 1. The number of hydrogen-bond acceptors (Lipinski definition) is 0. The van der Waals surface area contributed by atoms with Crippen LogP contribution in [0.15, 0.2) is 23.3 Å². The van der Waals surface area contributed by atoms with Gasteiger partial charge in [-0.15, -0.1) is 0 Å². The molecular weight excluding hydrogens is 144 g/mol. The summed E-state index contributed by atoms with van der Waals surface area (Å²) in [5.74, 6) is 4.18. The highest BCUT2D eigenvalue weighted by atomic mass is 14.4. The molecule has 2 rings (SSSR count). The molecule has 0 aliphatic heterocycles. The quantitative estimate of drug-likeness (QED) is 0.507.